The SMILES string of the molecule is COc1cc(C=CC=Cc2ccc(OC)c(OC)c2)ccc1O. The number of allylic oxidation sites excluding steroid dienone is 2. The average molecular weight is 312 g/mol. The molecule has 0 aliphatic rings. The average Bonchev–Trinajstić information content (AvgIpc) is 2.59. The van der Waals surface area contributed by atoms with Crippen molar-refractivity contribution >= 4 is 12.2 Å². The summed E-state index contributed by atoms with van der Waals surface area (Å²) in [4.78, 5) is 0. The quantitative estimate of drug-likeness (QED) is 0.814. The first kappa shape index (κ1) is 16.5. The number of aromatic hydroxyl groups is 1. The van der Waals surface area contributed by atoms with Crippen molar-refractivity contribution in [1.82, 2.24) is 0 Å². The van der Waals surface area contributed by atoms with Crippen LogP contribution in [0.4, 0.5) is 0 Å². The van der Waals surface area contributed by atoms with Crippen LogP contribution in [0.2, 0.25) is 0 Å². The highest BCUT2D eigenvalue weighted by Gasteiger charge is 2.02. The van der Waals surface area contributed by atoms with E-state index in [9.17, 15) is 5.11 Å². The van der Waals surface area contributed by atoms with Gasteiger partial charge in [0.25, 0.3) is 0 Å². The number of hydrogen-bond donors (Lipinski definition) is 1. The van der Waals surface area contributed by atoms with E-state index in [1.54, 1.807) is 26.4 Å². The first-order valence-electron chi connectivity index (χ1n) is 7.11. The van der Waals surface area contributed by atoms with Gasteiger partial charge in [0.2, 0.25) is 0 Å². The molecule has 0 saturated heterocycles. The van der Waals surface area contributed by atoms with Gasteiger partial charge in [0, 0.05) is 0 Å². The standard InChI is InChI=1S/C19H20O4/c1-21-17-11-9-15(13-19(17)23-3)7-5-4-6-14-8-10-16(20)18(12-14)22-2/h4-13,20H,1-3H3. The molecule has 2 rings (SSSR count). The molecule has 1 N–H and O–H groups in total. The molecule has 0 heterocycles. The minimum atomic E-state index is 0.130. The lowest BCUT2D eigenvalue weighted by Gasteiger charge is -2.07. The zero-order chi connectivity index (χ0) is 16.7. The van der Waals surface area contributed by atoms with Crippen LogP contribution in [-0.2, 0) is 0 Å². The molecule has 0 fully saturated rings. The molecule has 2 aromatic rings. The second kappa shape index (κ2) is 7.94. The summed E-state index contributed by atoms with van der Waals surface area (Å²) >= 11 is 0. The molecule has 0 radical (unpaired) electrons. The highest BCUT2D eigenvalue weighted by Crippen LogP contribution is 2.28. The van der Waals surface area contributed by atoms with Crippen molar-refractivity contribution in [3.8, 4) is 23.0 Å². The molecule has 23 heavy (non-hydrogen) atoms. The van der Waals surface area contributed by atoms with Crippen molar-refractivity contribution in [3.63, 3.8) is 0 Å². The molecule has 0 atom stereocenters. The maximum absolute atomic E-state index is 9.56. The summed E-state index contributed by atoms with van der Waals surface area (Å²) in [5.41, 5.74) is 1.95. The number of benzene rings is 2. The van der Waals surface area contributed by atoms with Crippen molar-refractivity contribution in [2.45, 2.75) is 0 Å². The predicted octanol–water partition coefficient (Wildman–Crippen LogP) is 4.14. The smallest absolute Gasteiger partial charge is 0.161 e. The molecule has 0 aromatic heterocycles. The number of phenolic OH excluding ortho intramolecular Hbond substituents is 1. The Kier molecular flexibility index (Phi) is 5.69. The van der Waals surface area contributed by atoms with E-state index in [0.717, 1.165) is 11.1 Å². The summed E-state index contributed by atoms with van der Waals surface area (Å²) < 4.78 is 15.6. The molecule has 0 aliphatic carbocycles. The van der Waals surface area contributed by atoms with Crippen LogP contribution < -0.4 is 14.2 Å². The third-order valence-corrected chi connectivity index (χ3v) is 3.30. The fourth-order valence-electron chi connectivity index (χ4n) is 2.09. The highest BCUT2D eigenvalue weighted by atomic mass is 16.5. The molecule has 0 saturated carbocycles. The number of phenols is 1. The largest absolute Gasteiger partial charge is 0.504 e. The van der Waals surface area contributed by atoms with Gasteiger partial charge in [0.1, 0.15) is 0 Å². The van der Waals surface area contributed by atoms with Gasteiger partial charge in [-0.3, -0.25) is 0 Å². The number of methoxy groups -OCH3 is 3. The van der Waals surface area contributed by atoms with E-state index in [4.69, 9.17) is 14.2 Å². The van der Waals surface area contributed by atoms with Crippen LogP contribution in [0.15, 0.2) is 48.6 Å². The van der Waals surface area contributed by atoms with Gasteiger partial charge < -0.3 is 19.3 Å². The van der Waals surface area contributed by atoms with Gasteiger partial charge in [0.15, 0.2) is 23.0 Å². The van der Waals surface area contributed by atoms with Gasteiger partial charge >= 0.3 is 0 Å². The first-order valence-corrected chi connectivity index (χ1v) is 7.11. The zero-order valence-electron chi connectivity index (χ0n) is 13.4. The summed E-state index contributed by atoms with van der Waals surface area (Å²) in [7, 11) is 4.75. The van der Waals surface area contributed by atoms with E-state index in [-0.39, 0.29) is 5.75 Å². The van der Waals surface area contributed by atoms with E-state index in [1.165, 1.54) is 7.11 Å². The minimum absolute atomic E-state index is 0.130. The Morgan fingerprint density at radius 3 is 1.78 bits per heavy atom. The second-order valence-electron chi connectivity index (χ2n) is 4.76. The van der Waals surface area contributed by atoms with Gasteiger partial charge in [-0.2, -0.15) is 0 Å². The van der Waals surface area contributed by atoms with Crippen molar-refractivity contribution in [2.24, 2.45) is 0 Å². The van der Waals surface area contributed by atoms with Gasteiger partial charge in [-0.1, -0.05) is 36.4 Å². The lowest BCUT2D eigenvalue weighted by Crippen LogP contribution is -1.90. The van der Waals surface area contributed by atoms with Gasteiger partial charge in [-0.25, -0.2) is 0 Å². The molecule has 4 nitrogen and oxygen atoms in total. The Morgan fingerprint density at radius 2 is 1.22 bits per heavy atom. The number of hydrogen-bond acceptors (Lipinski definition) is 4. The van der Waals surface area contributed by atoms with E-state index in [0.29, 0.717) is 17.2 Å². The molecule has 4 heteroatoms. The van der Waals surface area contributed by atoms with Crippen LogP contribution in [0.3, 0.4) is 0 Å². The Bertz CT molecular complexity index is 717. The van der Waals surface area contributed by atoms with Crippen molar-refractivity contribution in [2.75, 3.05) is 21.3 Å². The van der Waals surface area contributed by atoms with Gasteiger partial charge in [0.05, 0.1) is 21.3 Å². The molecule has 0 bridgehead atoms. The Hall–Kier alpha value is -2.88. The molecular weight excluding hydrogens is 292 g/mol. The zero-order valence-corrected chi connectivity index (χ0v) is 13.4. The van der Waals surface area contributed by atoms with Crippen molar-refractivity contribution in [3.05, 3.63) is 59.7 Å². The van der Waals surface area contributed by atoms with E-state index < -0.39 is 0 Å². The minimum Gasteiger partial charge on any atom is -0.504 e. The molecule has 0 amide bonds. The van der Waals surface area contributed by atoms with Crippen LogP contribution in [0.25, 0.3) is 12.2 Å². The van der Waals surface area contributed by atoms with Gasteiger partial charge in [-0.05, 0) is 35.4 Å². The lowest BCUT2D eigenvalue weighted by molar-refractivity contribution is 0.355. The molecule has 0 aliphatic heterocycles. The van der Waals surface area contributed by atoms with Crippen LogP contribution in [0, 0.1) is 0 Å². The normalized spacial score (nSPS) is 11.1. The monoisotopic (exact) mass is 312 g/mol. The summed E-state index contributed by atoms with van der Waals surface area (Å²) in [6, 6.07) is 10.9. The van der Waals surface area contributed by atoms with Crippen LogP contribution in [-0.4, -0.2) is 26.4 Å². The second-order valence-corrected chi connectivity index (χ2v) is 4.76. The van der Waals surface area contributed by atoms with Gasteiger partial charge in [-0.15, -0.1) is 0 Å². The third-order valence-electron chi connectivity index (χ3n) is 3.30. The maximum atomic E-state index is 9.56. The molecule has 0 spiro atoms. The number of rotatable bonds is 6. The van der Waals surface area contributed by atoms with E-state index in [2.05, 4.69) is 0 Å². The Morgan fingerprint density at radius 1 is 0.696 bits per heavy atom. The highest BCUT2D eigenvalue weighted by molar-refractivity contribution is 5.61. The van der Waals surface area contributed by atoms with Crippen LogP contribution in [0.1, 0.15) is 11.1 Å². The van der Waals surface area contributed by atoms with Crippen LogP contribution >= 0.6 is 0 Å². The summed E-state index contributed by atoms with van der Waals surface area (Å²) in [5.74, 6) is 1.99. The summed E-state index contributed by atoms with van der Waals surface area (Å²) in [6.07, 6.45) is 7.75. The topological polar surface area (TPSA) is 47.9 Å². The summed E-state index contributed by atoms with van der Waals surface area (Å²) in [6.45, 7) is 0. The molecule has 2 aromatic carbocycles. The first-order chi connectivity index (χ1) is 11.2. The molecule has 0 unspecified atom stereocenters. The maximum Gasteiger partial charge on any atom is 0.161 e. The lowest BCUT2D eigenvalue weighted by atomic mass is 10.1. The Labute approximate surface area is 136 Å². The number of ether oxygens (including phenoxy) is 3. The third kappa shape index (κ3) is 4.30. The Balaban J connectivity index is 2.09. The fourth-order valence-corrected chi connectivity index (χ4v) is 2.09. The fraction of sp³-hybridized carbons (Fsp3) is 0.158. The summed E-state index contributed by atoms with van der Waals surface area (Å²) in [5, 5.41) is 9.56. The predicted molar refractivity (Wildman–Crippen MR) is 92.3 cm³/mol. The van der Waals surface area contributed by atoms with Crippen molar-refractivity contribution in [1.29, 1.82) is 0 Å². The molecular formula is C19H20O4. The molecule has 120 valence electrons. The van der Waals surface area contributed by atoms with E-state index >= 15 is 0 Å². The van der Waals surface area contributed by atoms with Crippen molar-refractivity contribution < 1.29 is 19.3 Å². The van der Waals surface area contributed by atoms with Crippen LogP contribution in [0.5, 0.6) is 23.0 Å². The van der Waals surface area contributed by atoms with E-state index in [1.807, 2.05) is 48.6 Å².